The van der Waals surface area contributed by atoms with E-state index in [1.165, 1.54) is 12.1 Å². The molecule has 0 bridgehead atoms. The van der Waals surface area contributed by atoms with Crippen molar-refractivity contribution in [1.82, 2.24) is 5.32 Å². The molecule has 0 aliphatic rings. The molecule has 0 unspecified atom stereocenters. The van der Waals surface area contributed by atoms with Crippen LogP contribution in [0.15, 0.2) is 23.3 Å². The van der Waals surface area contributed by atoms with Gasteiger partial charge in [0.25, 0.3) is 5.91 Å². The number of rotatable bonds is 5. The molecule has 2 N–H and O–H groups in total. The first-order chi connectivity index (χ1) is 9.10. The van der Waals surface area contributed by atoms with Crippen molar-refractivity contribution in [2.75, 3.05) is 12.0 Å². The van der Waals surface area contributed by atoms with Gasteiger partial charge in [-0.05, 0) is 41.1 Å². The maximum absolute atomic E-state index is 13.3. The van der Waals surface area contributed by atoms with Crippen LogP contribution >= 0.6 is 22.6 Å². The lowest BCUT2D eigenvalue weighted by atomic mass is 10.3. The summed E-state index contributed by atoms with van der Waals surface area (Å²) in [5.74, 6) is -0.946. The minimum Gasteiger partial charge on any atom is -0.350 e. The van der Waals surface area contributed by atoms with Crippen molar-refractivity contribution < 1.29 is 9.18 Å². The van der Waals surface area contributed by atoms with Gasteiger partial charge in [-0.1, -0.05) is 13.0 Å². The summed E-state index contributed by atoms with van der Waals surface area (Å²) in [6, 6.07) is 6.13. The highest BCUT2D eigenvalue weighted by Gasteiger charge is 2.10. The zero-order valence-corrected chi connectivity index (χ0v) is 12.4. The molecule has 0 saturated heterocycles. The van der Waals surface area contributed by atoms with E-state index in [0.29, 0.717) is 15.8 Å². The highest BCUT2D eigenvalue weighted by molar-refractivity contribution is 14.1. The van der Waals surface area contributed by atoms with E-state index in [2.05, 4.69) is 15.8 Å². The highest BCUT2D eigenvalue weighted by atomic mass is 127. The van der Waals surface area contributed by atoms with Gasteiger partial charge >= 0.3 is 0 Å². The molecule has 0 aliphatic carbocycles. The Morgan fingerprint density at radius 1 is 1.58 bits per heavy atom. The molecule has 100 valence electrons. The molecular weight excluding hydrogens is 362 g/mol. The first-order valence-corrected chi connectivity index (χ1v) is 6.64. The van der Waals surface area contributed by atoms with Crippen LogP contribution in [0.3, 0.4) is 0 Å². The van der Waals surface area contributed by atoms with Crippen LogP contribution < -0.4 is 10.7 Å². The third kappa shape index (κ3) is 4.48. The van der Waals surface area contributed by atoms with Crippen LogP contribution in [-0.2, 0) is 4.79 Å². The van der Waals surface area contributed by atoms with Crippen LogP contribution in [-0.4, -0.2) is 18.2 Å². The zero-order chi connectivity index (χ0) is 14.3. The van der Waals surface area contributed by atoms with Gasteiger partial charge in [0.2, 0.25) is 5.71 Å². The van der Waals surface area contributed by atoms with Gasteiger partial charge in [-0.15, -0.1) is 0 Å². The Bertz CT molecular complexity index is 539. The lowest BCUT2D eigenvalue weighted by Crippen LogP contribution is -2.31. The van der Waals surface area contributed by atoms with E-state index in [0.717, 1.165) is 6.42 Å². The molecule has 0 atom stereocenters. The Morgan fingerprint density at radius 2 is 2.32 bits per heavy atom. The number of carbonyl (C=O) groups excluding carboxylic acids is 1. The van der Waals surface area contributed by atoms with Crippen molar-refractivity contribution in [2.24, 2.45) is 5.10 Å². The van der Waals surface area contributed by atoms with Crippen LogP contribution in [0, 0.1) is 20.7 Å². The van der Waals surface area contributed by atoms with Gasteiger partial charge in [-0.2, -0.15) is 10.4 Å². The average molecular weight is 374 g/mol. The second-order valence-electron chi connectivity index (χ2n) is 3.54. The minimum absolute atomic E-state index is 0.298. The molecule has 0 radical (unpaired) electrons. The normalized spacial score (nSPS) is 10.7. The molecule has 0 heterocycles. The Morgan fingerprint density at radius 3 is 2.95 bits per heavy atom. The van der Waals surface area contributed by atoms with E-state index in [4.69, 9.17) is 5.26 Å². The van der Waals surface area contributed by atoms with Gasteiger partial charge in [0.1, 0.15) is 11.9 Å². The summed E-state index contributed by atoms with van der Waals surface area (Å²) >= 11 is 1.81. The number of halogens is 2. The fourth-order valence-electron chi connectivity index (χ4n) is 1.16. The second kappa shape index (κ2) is 7.68. The van der Waals surface area contributed by atoms with Crippen LogP contribution in [0.2, 0.25) is 0 Å². The number of nitrogens with one attached hydrogen (secondary N) is 2. The SMILES string of the molecule is CCCNC(=O)/C(C#N)=N\Nc1cccc(F)c1I. The van der Waals surface area contributed by atoms with Gasteiger partial charge < -0.3 is 5.32 Å². The average Bonchev–Trinajstić information content (AvgIpc) is 2.41. The van der Waals surface area contributed by atoms with E-state index in [-0.39, 0.29) is 5.71 Å². The number of nitrogens with zero attached hydrogens (tertiary/aromatic N) is 2. The van der Waals surface area contributed by atoms with Gasteiger partial charge in [0.15, 0.2) is 0 Å². The van der Waals surface area contributed by atoms with E-state index in [1.54, 1.807) is 12.1 Å². The molecule has 0 aromatic heterocycles. The maximum Gasteiger partial charge on any atom is 0.282 e. The number of anilines is 1. The van der Waals surface area contributed by atoms with Crippen molar-refractivity contribution in [3.63, 3.8) is 0 Å². The summed E-state index contributed by atoms with van der Waals surface area (Å²) in [6.07, 6.45) is 0.764. The van der Waals surface area contributed by atoms with Crippen LogP contribution in [0.25, 0.3) is 0 Å². The summed E-state index contributed by atoms with van der Waals surface area (Å²) in [7, 11) is 0. The smallest absolute Gasteiger partial charge is 0.282 e. The van der Waals surface area contributed by atoms with E-state index >= 15 is 0 Å². The molecule has 1 aromatic rings. The molecule has 0 spiro atoms. The lowest BCUT2D eigenvalue weighted by molar-refractivity contribution is -0.114. The second-order valence-corrected chi connectivity index (χ2v) is 4.62. The molecule has 0 aliphatic heterocycles. The Balaban J connectivity index is 2.81. The molecule has 1 aromatic carbocycles. The molecule has 19 heavy (non-hydrogen) atoms. The van der Waals surface area contributed by atoms with Crippen molar-refractivity contribution in [2.45, 2.75) is 13.3 Å². The largest absolute Gasteiger partial charge is 0.350 e. The van der Waals surface area contributed by atoms with Crippen molar-refractivity contribution in [3.05, 3.63) is 27.6 Å². The Labute approximate surface area is 124 Å². The van der Waals surface area contributed by atoms with E-state index in [1.807, 2.05) is 29.5 Å². The Kier molecular flexibility index (Phi) is 6.21. The summed E-state index contributed by atoms with van der Waals surface area (Å²) in [6.45, 7) is 2.37. The first-order valence-electron chi connectivity index (χ1n) is 5.56. The van der Waals surface area contributed by atoms with E-state index in [9.17, 15) is 9.18 Å². The summed E-state index contributed by atoms with van der Waals surface area (Å²) in [5.41, 5.74) is 2.62. The molecular formula is C12H12FIN4O. The molecule has 0 saturated carbocycles. The number of benzene rings is 1. The lowest BCUT2D eigenvalue weighted by Gasteiger charge is -2.05. The maximum atomic E-state index is 13.3. The number of amides is 1. The van der Waals surface area contributed by atoms with Crippen LogP contribution in [0.4, 0.5) is 10.1 Å². The van der Waals surface area contributed by atoms with Gasteiger partial charge in [0, 0.05) is 6.54 Å². The highest BCUT2D eigenvalue weighted by Crippen LogP contribution is 2.20. The number of nitriles is 1. The first kappa shape index (κ1) is 15.4. The molecule has 5 nitrogen and oxygen atoms in total. The van der Waals surface area contributed by atoms with Gasteiger partial charge in [-0.3, -0.25) is 10.2 Å². The fourth-order valence-corrected chi connectivity index (χ4v) is 1.64. The number of hydrazone groups is 1. The summed E-state index contributed by atoms with van der Waals surface area (Å²) in [4.78, 5) is 11.5. The molecule has 7 heteroatoms. The zero-order valence-electron chi connectivity index (χ0n) is 10.2. The van der Waals surface area contributed by atoms with Gasteiger partial charge in [0.05, 0.1) is 9.26 Å². The molecule has 0 fully saturated rings. The summed E-state index contributed by atoms with van der Waals surface area (Å²) < 4.78 is 13.6. The third-order valence-electron chi connectivity index (χ3n) is 2.10. The number of carbonyl (C=O) groups is 1. The molecule has 1 amide bonds. The number of hydrogen-bond acceptors (Lipinski definition) is 4. The minimum atomic E-state index is -0.553. The van der Waals surface area contributed by atoms with Crippen LogP contribution in [0.1, 0.15) is 13.3 Å². The summed E-state index contributed by atoms with van der Waals surface area (Å²) in [5, 5.41) is 15.1. The predicted molar refractivity (Wildman–Crippen MR) is 79.1 cm³/mol. The van der Waals surface area contributed by atoms with Crippen LogP contribution in [0.5, 0.6) is 0 Å². The van der Waals surface area contributed by atoms with E-state index < -0.39 is 11.7 Å². The third-order valence-corrected chi connectivity index (χ3v) is 3.19. The van der Waals surface area contributed by atoms with Gasteiger partial charge in [-0.25, -0.2) is 4.39 Å². The van der Waals surface area contributed by atoms with Crippen molar-refractivity contribution in [1.29, 1.82) is 5.26 Å². The predicted octanol–water partition coefficient (Wildman–Crippen LogP) is 2.25. The number of hydrogen-bond donors (Lipinski definition) is 2. The Hall–Kier alpha value is -1.69. The van der Waals surface area contributed by atoms with Crippen molar-refractivity contribution >= 4 is 39.9 Å². The molecule has 1 rings (SSSR count). The monoisotopic (exact) mass is 374 g/mol. The quantitative estimate of drug-likeness (QED) is 0.472. The van der Waals surface area contributed by atoms with Crippen molar-refractivity contribution in [3.8, 4) is 6.07 Å². The fraction of sp³-hybridized carbons (Fsp3) is 0.250. The standard InChI is InChI=1S/C12H12FIN4O/c1-2-6-16-12(19)10(7-15)18-17-9-5-3-4-8(13)11(9)14/h3-5,17H,2,6H2,1H3,(H,16,19)/b18-10-. The topological polar surface area (TPSA) is 77.3 Å².